The van der Waals surface area contributed by atoms with Crippen LogP contribution in [0.3, 0.4) is 0 Å². The average Bonchev–Trinajstić information content (AvgIpc) is 2.74. The van der Waals surface area contributed by atoms with Gasteiger partial charge in [0.1, 0.15) is 0 Å². The van der Waals surface area contributed by atoms with Gasteiger partial charge in [0.25, 0.3) is 0 Å². The van der Waals surface area contributed by atoms with E-state index in [0.29, 0.717) is 36.6 Å². The summed E-state index contributed by atoms with van der Waals surface area (Å²) in [5.74, 6) is 3.35. The van der Waals surface area contributed by atoms with Crippen molar-refractivity contribution in [2.75, 3.05) is 0 Å². The fraction of sp³-hybridized carbons (Fsp3) is 1.00. The van der Waals surface area contributed by atoms with E-state index in [9.17, 15) is 0 Å². The van der Waals surface area contributed by atoms with Crippen LogP contribution in [0.1, 0.15) is 118 Å². The van der Waals surface area contributed by atoms with Crippen LogP contribution in [0.4, 0.5) is 0 Å². The number of hydrogen-bond donors (Lipinski definition) is 0. The molecule has 31 heavy (non-hydrogen) atoms. The monoisotopic (exact) mass is 434 g/mol. The van der Waals surface area contributed by atoms with Crippen LogP contribution in [0.25, 0.3) is 0 Å². The van der Waals surface area contributed by atoms with E-state index in [2.05, 4.69) is 27.7 Å². The molecule has 0 heterocycles. The Balaban J connectivity index is 1.19. The zero-order valence-corrected chi connectivity index (χ0v) is 20.9. The van der Waals surface area contributed by atoms with E-state index in [1.165, 1.54) is 77.0 Å². The lowest BCUT2D eigenvalue weighted by Crippen LogP contribution is -2.38. The van der Waals surface area contributed by atoms with Crippen LogP contribution >= 0.6 is 0 Å². The van der Waals surface area contributed by atoms with Gasteiger partial charge >= 0.3 is 0 Å². The molecule has 3 heteroatoms. The molecule has 0 amide bonds. The van der Waals surface area contributed by atoms with E-state index in [1.807, 2.05) is 0 Å². The van der Waals surface area contributed by atoms with Crippen LogP contribution in [0.2, 0.25) is 0 Å². The second kappa shape index (κ2) is 11.3. The van der Waals surface area contributed by atoms with Crippen LogP contribution in [-0.2, 0) is 14.2 Å². The summed E-state index contributed by atoms with van der Waals surface area (Å²) in [6, 6.07) is 0. The summed E-state index contributed by atoms with van der Waals surface area (Å²) < 4.78 is 19.9. The zero-order valence-electron chi connectivity index (χ0n) is 20.9. The molecule has 10 atom stereocenters. The molecule has 180 valence electrons. The van der Waals surface area contributed by atoms with Gasteiger partial charge in [0, 0.05) is 0 Å². The lowest BCUT2D eigenvalue weighted by atomic mass is 9.80. The molecule has 4 aliphatic rings. The Morgan fingerprint density at radius 3 is 1.00 bits per heavy atom. The average molecular weight is 435 g/mol. The molecule has 0 aliphatic heterocycles. The molecular formula is C28H50O3. The molecule has 0 spiro atoms. The van der Waals surface area contributed by atoms with Crippen molar-refractivity contribution in [3.63, 3.8) is 0 Å². The van der Waals surface area contributed by atoms with Crippen molar-refractivity contribution in [1.29, 1.82) is 0 Å². The summed E-state index contributed by atoms with van der Waals surface area (Å²) in [5, 5.41) is 0. The van der Waals surface area contributed by atoms with Crippen molar-refractivity contribution in [2.24, 2.45) is 23.7 Å². The summed E-state index contributed by atoms with van der Waals surface area (Å²) >= 11 is 0. The molecule has 0 saturated heterocycles. The summed E-state index contributed by atoms with van der Waals surface area (Å²) in [6.45, 7) is 9.62. The molecule has 4 saturated carbocycles. The van der Waals surface area contributed by atoms with E-state index >= 15 is 0 Å². The van der Waals surface area contributed by atoms with E-state index in [4.69, 9.17) is 14.2 Å². The Labute approximate surface area is 192 Å². The van der Waals surface area contributed by atoms with Gasteiger partial charge in [-0.05, 0) is 114 Å². The summed E-state index contributed by atoms with van der Waals surface area (Å²) in [5.41, 5.74) is 0. The normalized spacial score (nSPS) is 47.2. The zero-order chi connectivity index (χ0) is 21.8. The molecule has 0 aromatic rings. The van der Waals surface area contributed by atoms with E-state index < -0.39 is 0 Å². The smallest absolute Gasteiger partial charge is 0.0603 e. The largest absolute Gasteiger partial charge is 0.375 e. The van der Waals surface area contributed by atoms with Gasteiger partial charge in [-0.3, -0.25) is 0 Å². The van der Waals surface area contributed by atoms with Crippen molar-refractivity contribution >= 4 is 0 Å². The molecule has 0 aromatic carbocycles. The predicted molar refractivity (Wildman–Crippen MR) is 127 cm³/mol. The minimum absolute atomic E-state index is 0.401. The fourth-order valence-electron chi connectivity index (χ4n) is 6.76. The van der Waals surface area contributed by atoms with Gasteiger partial charge in [0.05, 0.1) is 36.6 Å². The Bertz CT molecular complexity index is 490. The van der Waals surface area contributed by atoms with Gasteiger partial charge in [0.15, 0.2) is 0 Å². The van der Waals surface area contributed by atoms with Gasteiger partial charge in [-0.15, -0.1) is 0 Å². The molecule has 10 unspecified atom stereocenters. The summed E-state index contributed by atoms with van der Waals surface area (Å²) in [7, 11) is 0. The second-order valence-electron chi connectivity index (χ2n) is 12.0. The molecule has 0 bridgehead atoms. The third-order valence-electron chi connectivity index (χ3n) is 9.41. The maximum absolute atomic E-state index is 6.69. The van der Waals surface area contributed by atoms with Crippen molar-refractivity contribution in [2.45, 2.75) is 154 Å². The van der Waals surface area contributed by atoms with E-state index in [1.54, 1.807) is 0 Å². The van der Waals surface area contributed by atoms with Gasteiger partial charge < -0.3 is 14.2 Å². The molecule has 0 radical (unpaired) electrons. The first-order chi connectivity index (χ1) is 15.0. The highest BCUT2D eigenvalue weighted by molar-refractivity contribution is 4.83. The lowest BCUT2D eigenvalue weighted by molar-refractivity contribution is -0.130. The highest BCUT2D eigenvalue weighted by Crippen LogP contribution is 2.36. The van der Waals surface area contributed by atoms with Crippen LogP contribution in [0.5, 0.6) is 0 Å². The first-order valence-corrected chi connectivity index (χ1v) is 13.9. The minimum atomic E-state index is 0.401. The highest BCUT2D eigenvalue weighted by Gasteiger charge is 2.33. The lowest BCUT2D eigenvalue weighted by Gasteiger charge is -2.39. The maximum Gasteiger partial charge on any atom is 0.0603 e. The summed E-state index contributed by atoms with van der Waals surface area (Å²) in [4.78, 5) is 0. The Kier molecular flexibility index (Phi) is 8.79. The molecule has 4 fully saturated rings. The van der Waals surface area contributed by atoms with E-state index in [0.717, 1.165) is 36.5 Å². The first-order valence-electron chi connectivity index (χ1n) is 13.9. The van der Waals surface area contributed by atoms with Gasteiger partial charge in [-0.25, -0.2) is 0 Å². The summed E-state index contributed by atoms with van der Waals surface area (Å²) in [6.07, 6.45) is 20.0. The number of rotatable bonds is 6. The molecule has 4 aliphatic carbocycles. The standard InChI is InChI=1S/C28H50O3/c1-19-11-13-27(15-21(19)3)30-25-9-5-7-23(17-25)29-24-8-6-10-26(18-24)31-28-14-12-20(2)22(4)16-28/h19-28H,5-18H2,1-4H3. The van der Waals surface area contributed by atoms with Crippen molar-refractivity contribution in [1.82, 2.24) is 0 Å². The maximum atomic E-state index is 6.69. The topological polar surface area (TPSA) is 27.7 Å². The minimum Gasteiger partial charge on any atom is -0.375 e. The van der Waals surface area contributed by atoms with Crippen LogP contribution in [0, 0.1) is 23.7 Å². The fourth-order valence-corrected chi connectivity index (χ4v) is 6.76. The first kappa shape index (κ1) is 24.0. The molecule has 3 nitrogen and oxygen atoms in total. The molecular weight excluding hydrogens is 384 g/mol. The second-order valence-corrected chi connectivity index (χ2v) is 12.0. The third kappa shape index (κ3) is 6.93. The van der Waals surface area contributed by atoms with Gasteiger partial charge in [-0.2, -0.15) is 0 Å². The SMILES string of the molecule is CC1CCC(OC2CCCC(OC3CCCC(OC4CCC(C)C(C)C4)C3)C2)CC1C. The predicted octanol–water partition coefficient (Wildman–Crippen LogP) is 7.31. The molecule has 0 aromatic heterocycles. The van der Waals surface area contributed by atoms with Crippen LogP contribution in [-0.4, -0.2) is 36.6 Å². The third-order valence-corrected chi connectivity index (χ3v) is 9.41. The molecule has 0 N–H and O–H groups in total. The van der Waals surface area contributed by atoms with Crippen LogP contribution < -0.4 is 0 Å². The van der Waals surface area contributed by atoms with Crippen LogP contribution in [0.15, 0.2) is 0 Å². The van der Waals surface area contributed by atoms with Gasteiger partial charge in [-0.1, -0.05) is 27.7 Å². The quantitative estimate of drug-likeness (QED) is 0.439. The molecule has 4 rings (SSSR count). The van der Waals surface area contributed by atoms with E-state index in [-0.39, 0.29) is 0 Å². The number of hydrogen-bond acceptors (Lipinski definition) is 3. The Hall–Kier alpha value is -0.120. The van der Waals surface area contributed by atoms with Gasteiger partial charge in [0.2, 0.25) is 0 Å². The Morgan fingerprint density at radius 1 is 0.355 bits per heavy atom. The van der Waals surface area contributed by atoms with Crippen molar-refractivity contribution in [3.8, 4) is 0 Å². The van der Waals surface area contributed by atoms with Crippen molar-refractivity contribution in [3.05, 3.63) is 0 Å². The highest BCUT2D eigenvalue weighted by atomic mass is 16.5. The Morgan fingerprint density at radius 2 is 0.677 bits per heavy atom. The van der Waals surface area contributed by atoms with Crippen molar-refractivity contribution < 1.29 is 14.2 Å². The number of ether oxygens (including phenoxy) is 3.